The maximum absolute atomic E-state index is 12.6. The zero-order valence-corrected chi connectivity index (χ0v) is 8.55. The van der Waals surface area contributed by atoms with E-state index in [1.165, 1.54) is 6.20 Å². The first-order valence-corrected chi connectivity index (χ1v) is 4.46. The molecule has 0 aromatic carbocycles. The van der Waals surface area contributed by atoms with Crippen molar-refractivity contribution in [3.8, 4) is 6.07 Å². The number of rotatable bonds is 2. The third kappa shape index (κ3) is 1.89. The molecule has 0 aliphatic carbocycles. The molecule has 1 aromatic heterocycles. The topological polar surface area (TPSA) is 62.7 Å². The first-order valence-electron chi connectivity index (χ1n) is 3.67. The molecule has 3 nitrogen and oxygen atoms in total. The fraction of sp³-hybridized carbons (Fsp3) is 0.250. The third-order valence-corrected chi connectivity index (χ3v) is 2.34. The van der Waals surface area contributed by atoms with Gasteiger partial charge in [-0.25, -0.2) is 13.8 Å². The lowest BCUT2D eigenvalue weighted by Crippen LogP contribution is -2.07. The first-order chi connectivity index (χ1) is 6.61. The second-order valence-corrected chi connectivity index (χ2v) is 3.32. The highest BCUT2D eigenvalue weighted by Gasteiger charge is 2.19. The van der Waals surface area contributed by atoms with Gasteiger partial charge < -0.3 is 5.73 Å². The van der Waals surface area contributed by atoms with Crippen molar-refractivity contribution in [3.63, 3.8) is 0 Å². The van der Waals surface area contributed by atoms with Gasteiger partial charge in [0.25, 0.3) is 6.43 Å². The van der Waals surface area contributed by atoms with Crippen LogP contribution in [0.2, 0.25) is 0 Å². The Labute approximate surface area is 87.7 Å². The molecule has 0 fully saturated rings. The van der Waals surface area contributed by atoms with Crippen LogP contribution in [-0.4, -0.2) is 4.98 Å². The molecule has 1 rings (SSSR count). The molecular weight excluding hydrogens is 256 g/mol. The predicted molar refractivity (Wildman–Crippen MR) is 49.5 cm³/mol. The fourth-order valence-electron chi connectivity index (χ4n) is 1.08. The summed E-state index contributed by atoms with van der Waals surface area (Å²) in [5, 5.41) is 8.62. The Hall–Kier alpha value is -1.06. The molecule has 0 aliphatic rings. The molecule has 0 radical (unpaired) electrons. The summed E-state index contributed by atoms with van der Waals surface area (Å²) in [5.41, 5.74) is 5.08. The van der Waals surface area contributed by atoms with Crippen LogP contribution in [0.1, 0.15) is 23.2 Å². The van der Waals surface area contributed by atoms with E-state index in [1.807, 2.05) is 0 Å². The van der Waals surface area contributed by atoms with Crippen LogP contribution >= 0.6 is 15.9 Å². The van der Waals surface area contributed by atoms with Crippen LogP contribution in [0, 0.1) is 11.3 Å². The summed E-state index contributed by atoms with van der Waals surface area (Å²) in [6.07, 6.45) is -1.49. The van der Waals surface area contributed by atoms with E-state index in [1.54, 1.807) is 6.07 Å². The Morgan fingerprint density at radius 3 is 2.71 bits per heavy atom. The first kappa shape index (κ1) is 11.0. The second kappa shape index (κ2) is 4.44. The van der Waals surface area contributed by atoms with Crippen molar-refractivity contribution in [2.45, 2.75) is 13.0 Å². The van der Waals surface area contributed by atoms with Crippen molar-refractivity contribution in [3.05, 3.63) is 27.5 Å². The highest BCUT2D eigenvalue weighted by Crippen LogP contribution is 2.31. The molecule has 0 atom stereocenters. The van der Waals surface area contributed by atoms with Crippen LogP contribution in [0.3, 0.4) is 0 Å². The minimum Gasteiger partial charge on any atom is -0.326 e. The lowest BCUT2D eigenvalue weighted by Gasteiger charge is -2.09. The summed E-state index contributed by atoms with van der Waals surface area (Å²) < 4.78 is 25.3. The molecular formula is C8H6BrF2N3. The normalized spacial score (nSPS) is 10.3. The van der Waals surface area contributed by atoms with Gasteiger partial charge in [0.05, 0.1) is 0 Å². The van der Waals surface area contributed by atoms with Crippen molar-refractivity contribution in [1.29, 1.82) is 5.26 Å². The zero-order chi connectivity index (χ0) is 10.7. The number of halogens is 3. The predicted octanol–water partition coefficient (Wildman–Crippen LogP) is 2.11. The van der Waals surface area contributed by atoms with Crippen LogP contribution in [0.4, 0.5) is 8.78 Å². The number of hydrogen-bond donors (Lipinski definition) is 1. The number of nitrogens with two attached hydrogens (primary N) is 1. The Morgan fingerprint density at radius 1 is 1.64 bits per heavy atom. The molecule has 0 saturated heterocycles. The Morgan fingerprint density at radius 2 is 2.29 bits per heavy atom. The van der Waals surface area contributed by atoms with Gasteiger partial charge in [-0.3, -0.25) is 0 Å². The quantitative estimate of drug-likeness (QED) is 0.887. The largest absolute Gasteiger partial charge is 0.326 e. The van der Waals surface area contributed by atoms with E-state index in [0.29, 0.717) is 0 Å². The van der Waals surface area contributed by atoms with Crippen LogP contribution in [-0.2, 0) is 6.54 Å². The molecule has 0 saturated carbocycles. The molecule has 74 valence electrons. The second-order valence-electron chi connectivity index (χ2n) is 2.46. The molecule has 14 heavy (non-hydrogen) atoms. The van der Waals surface area contributed by atoms with E-state index >= 15 is 0 Å². The highest BCUT2D eigenvalue weighted by atomic mass is 79.9. The average molecular weight is 262 g/mol. The van der Waals surface area contributed by atoms with Crippen molar-refractivity contribution < 1.29 is 8.78 Å². The van der Waals surface area contributed by atoms with E-state index in [-0.39, 0.29) is 27.8 Å². The van der Waals surface area contributed by atoms with Crippen molar-refractivity contribution in [2.24, 2.45) is 5.73 Å². The molecule has 0 spiro atoms. The standard InChI is InChI=1S/C8H6BrF2N3/c9-5-3-14-6(2-13)4(1-12)7(5)8(10)11/h3,8H,1,12H2. The molecule has 0 amide bonds. The minimum atomic E-state index is -2.67. The Kier molecular flexibility index (Phi) is 3.49. The lowest BCUT2D eigenvalue weighted by atomic mass is 10.1. The van der Waals surface area contributed by atoms with Crippen molar-refractivity contribution in [2.75, 3.05) is 0 Å². The number of nitriles is 1. The molecule has 0 aliphatic heterocycles. The zero-order valence-electron chi connectivity index (χ0n) is 6.97. The summed E-state index contributed by atoms with van der Waals surface area (Å²) >= 11 is 2.94. The van der Waals surface area contributed by atoms with E-state index < -0.39 is 6.43 Å². The molecule has 1 heterocycles. The van der Waals surface area contributed by atoms with E-state index in [9.17, 15) is 8.78 Å². The summed E-state index contributed by atoms with van der Waals surface area (Å²) in [6, 6.07) is 1.72. The average Bonchev–Trinajstić information content (AvgIpc) is 2.16. The van der Waals surface area contributed by atoms with Crippen molar-refractivity contribution in [1.82, 2.24) is 4.98 Å². The number of hydrogen-bond acceptors (Lipinski definition) is 3. The van der Waals surface area contributed by atoms with Gasteiger partial charge >= 0.3 is 0 Å². The maximum Gasteiger partial charge on any atom is 0.265 e. The third-order valence-electron chi connectivity index (χ3n) is 1.70. The molecule has 6 heteroatoms. The Bertz CT molecular complexity index is 387. The number of alkyl halides is 2. The van der Waals surface area contributed by atoms with Crippen LogP contribution < -0.4 is 5.73 Å². The summed E-state index contributed by atoms with van der Waals surface area (Å²) in [6.45, 7) is -0.130. The molecule has 2 N–H and O–H groups in total. The summed E-state index contributed by atoms with van der Waals surface area (Å²) in [5.74, 6) is 0. The van der Waals surface area contributed by atoms with Gasteiger partial charge in [-0.05, 0) is 15.9 Å². The van der Waals surface area contributed by atoms with Crippen LogP contribution in [0.5, 0.6) is 0 Å². The molecule has 1 aromatic rings. The monoisotopic (exact) mass is 261 g/mol. The van der Waals surface area contributed by atoms with Crippen molar-refractivity contribution >= 4 is 15.9 Å². The minimum absolute atomic E-state index is 0.0500. The van der Waals surface area contributed by atoms with E-state index in [4.69, 9.17) is 11.0 Å². The molecule has 0 bridgehead atoms. The summed E-state index contributed by atoms with van der Waals surface area (Å²) in [4.78, 5) is 3.69. The molecule has 0 unspecified atom stereocenters. The van der Waals surface area contributed by atoms with E-state index in [0.717, 1.165) is 0 Å². The number of aromatic nitrogens is 1. The smallest absolute Gasteiger partial charge is 0.265 e. The van der Waals surface area contributed by atoms with Gasteiger partial charge in [0.1, 0.15) is 11.8 Å². The van der Waals surface area contributed by atoms with Gasteiger partial charge in [-0.15, -0.1) is 0 Å². The lowest BCUT2D eigenvalue weighted by molar-refractivity contribution is 0.149. The van der Waals surface area contributed by atoms with Gasteiger partial charge in [-0.2, -0.15) is 5.26 Å². The van der Waals surface area contributed by atoms with E-state index in [2.05, 4.69) is 20.9 Å². The van der Waals surface area contributed by atoms with Gasteiger partial charge in [-0.1, -0.05) is 0 Å². The van der Waals surface area contributed by atoms with Gasteiger partial charge in [0.15, 0.2) is 0 Å². The number of nitrogens with zero attached hydrogens (tertiary/aromatic N) is 2. The fourth-order valence-corrected chi connectivity index (χ4v) is 1.59. The van der Waals surface area contributed by atoms with Crippen LogP contribution in [0.25, 0.3) is 0 Å². The maximum atomic E-state index is 12.6. The van der Waals surface area contributed by atoms with Gasteiger partial charge in [0.2, 0.25) is 0 Å². The summed E-state index contributed by atoms with van der Waals surface area (Å²) in [7, 11) is 0. The van der Waals surface area contributed by atoms with Gasteiger partial charge in [0, 0.05) is 28.3 Å². The number of pyridine rings is 1. The Balaban J connectivity index is 3.45. The SMILES string of the molecule is N#Cc1ncc(Br)c(C(F)F)c1CN. The van der Waals surface area contributed by atoms with Crippen LogP contribution in [0.15, 0.2) is 10.7 Å². The highest BCUT2D eigenvalue weighted by molar-refractivity contribution is 9.10.